The zero-order chi connectivity index (χ0) is 18.4. The van der Waals surface area contributed by atoms with Crippen molar-refractivity contribution in [3.8, 4) is 11.1 Å². The number of hydrogen-bond acceptors (Lipinski definition) is 0. The standard InChI is InChI=1S/C26H19Br/c1-18-9-8-11-20(27)17-19-10-2-5-14-23(19)26(18)24-15-6-3-12-21(24)22-13-4-7-16-25(22)26/h2-16H,1,17H2/b9-8-,20-11+. The number of hydrogen-bond donors (Lipinski definition) is 0. The smallest absolute Gasteiger partial charge is 0.0710 e. The summed E-state index contributed by atoms with van der Waals surface area (Å²) in [5.41, 5.74) is 8.67. The Hall–Kier alpha value is -2.64. The van der Waals surface area contributed by atoms with Crippen molar-refractivity contribution in [3.05, 3.63) is 130 Å². The van der Waals surface area contributed by atoms with Crippen LogP contribution in [0, 0.1) is 0 Å². The van der Waals surface area contributed by atoms with Gasteiger partial charge in [-0.25, -0.2) is 0 Å². The Morgan fingerprint density at radius 2 is 1.30 bits per heavy atom. The highest BCUT2D eigenvalue weighted by atomic mass is 79.9. The number of benzene rings is 3. The molecule has 0 heterocycles. The second kappa shape index (κ2) is 6.21. The fourth-order valence-corrected chi connectivity index (χ4v) is 5.17. The molecular formula is C26H19Br. The molecule has 0 fully saturated rings. The van der Waals surface area contributed by atoms with Crippen LogP contribution in [0.3, 0.4) is 0 Å². The molecule has 0 bridgehead atoms. The SMILES string of the molecule is C=C1/C=C\C=C(\Br)Cc2ccccc2C12c1ccccc1-c1ccccc12. The fraction of sp³-hybridized carbons (Fsp3) is 0.0769. The first-order valence-corrected chi connectivity index (χ1v) is 10.0. The maximum atomic E-state index is 4.58. The lowest BCUT2D eigenvalue weighted by molar-refractivity contribution is 0.759. The molecule has 0 nitrogen and oxygen atoms in total. The van der Waals surface area contributed by atoms with Gasteiger partial charge in [-0.05, 0) is 43.4 Å². The van der Waals surface area contributed by atoms with E-state index in [1.54, 1.807) is 0 Å². The lowest BCUT2D eigenvalue weighted by Gasteiger charge is -2.35. The third-order valence-electron chi connectivity index (χ3n) is 5.79. The summed E-state index contributed by atoms with van der Waals surface area (Å²) in [5, 5.41) is 0. The van der Waals surface area contributed by atoms with E-state index >= 15 is 0 Å². The van der Waals surface area contributed by atoms with Gasteiger partial charge in [-0.2, -0.15) is 0 Å². The molecule has 1 heteroatoms. The molecule has 0 saturated carbocycles. The third-order valence-corrected chi connectivity index (χ3v) is 6.33. The number of halogens is 1. The molecule has 0 unspecified atom stereocenters. The van der Waals surface area contributed by atoms with Crippen LogP contribution in [0.2, 0.25) is 0 Å². The van der Waals surface area contributed by atoms with Crippen LogP contribution in [0.4, 0.5) is 0 Å². The highest BCUT2D eigenvalue weighted by Crippen LogP contribution is 2.57. The molecule has 0 N–H and O–H groups in total. The quantitative estimate of drug-likeness (QED) is 0.376. The molecule has 0 aliphatic heterocycles. The van der Waals surface area contributed by atoms with Crippen molar-refractivity contribution in [2.45, 2.75) is 11.8 Å². The Bertz CT molecular complexity index is 1080. The van der Waals surface area contributed by atoms with Crippen molar-refractivity contribution in [3.63, 3.8) is 0 Å². The van der Waals surface area contributed by atoms with E-state index in [9.17, 15) is 0 Å². The summed E-state index contributed by atoms with van der Waals surface area (Å²) in [6, 6.07) is 26.4. The van der Waals surface area contributed by atoms with Gasteiger partial charge < -0.3 is 0 Å². The van der Waals surface area contributed by atoms with Gasteiger partial charge in [-0.3, -0.25) is 0 Å². The van der Waals surface area contributed by atoms with E-state index < -0.39 is 0 Å². The van der Waals surface area contributed by atoms with Crippen LogP contribution in [0.25, 0.3) is 11.1 Å². The zero-order valence-electron chi connectivity index (χ0n) is 15.0. The van der Waals surface area contributed by atoms with Crippen LogP contribution in [-0.2, 0) is 11.8 Å². The average Bonchev–Trinajstić information content (AvgIpc) is 3.01. The van der Waals surface area contributed by atoms with Crippen molar-refractivity contribution in [2.24, 2.45) is 0 Å². The summed E-state index contributed by atoms with van der Waals surface area (Å²) in [6.07, 6.45) is 7.29. The second-order valence-electron chi connectivity index (χ2n) is 7.17. The van der Waals surface area contributed by atoms with Crippen molar-refractivity contribution in [2.75, 3.05) is 0 Å². The fourth-order valence-electron chi connectivity index (χ4n) is 4.72. The van der Waals surface area contributed by atoms with Crippen LogP contribution < -0.4 is 0 Å². The number of allylic oxidation sites excluding steroid dienone is 5. The predicted molar refractivity (Wildman–Crippen MR) is 117 cm³/mol. The topological polar surface area (TPSA) is 0 Å². The van der Waals surface area contributed by atoms with Gasteiger partial charge in [0.2, 0.25) is 0 Å². The second-order valence-corrected chi connectivity index (χ2v) is 8.19. The summed E-state index contributed by atoms with van der Waals surface area (Å²) >= 11 is 3.74. The van der Waals surface area contributed by atoms with Gasteiger partial charge in [0, 0.05) is 6.42 Å². The molecule has 0 amide bonds. The van der Waals surface area contributed by atoms with Gasteiger partial charge in [0.05, 0.1) is 5.41 Å². The summed E-state index contributed by atoms with van der Waals surface area (Å²) < 4.78 is 1.18. The molecule has 0 saturated heterocycles. The Labute approximate surface area is 168 Å². The predicted octanol–water partition coefficient (Wildman–Crippen LogP) is 6.95. The number of fused-ring (bicyclic) bond motifs is 7. The molecular weight excluding hydrogens is 392 g/mol. The largest absolute Gasteiger partial charge is 0.0942 e. The molecule has 0 radical (unpaired) electrons. The van der Waals surface area contributed by atoms with E-state index in [0.29, 0.717) is 0 Å². The summed E-state index contributed by atoms with van der Waals surface area (Å²) in [6.45, 7) is 4.58. The normalized spacial score (nSPS) is 19.7. The summed E-state index contributed by atoms with van der Waals surface area (Å²) in [5.74, 6) is 0. The highest BCUT2D eigenvalue weighted by Gasteiger charge is 2.46. The summed E-state index contributed by atoms with van der Waals surface area (Å²) in [7, 11) is 0. The van der Waals surface area contributed by atoms with E-state index in [0.717, 1.165) is 12.0 Å². The van der Waals surface area contributed by atoms with Crippen LogP contribution in [-0.4, -0.2) is 0 Å². The number of rotatable bonds is 0. The van der Waals surface area contributed by atoms with E-state index in [1.165, 1.54) is 37.9 Å². The first-order chi connectivity index (χ1) is 13.2. The van der Waals surface area contributed by atoms with Gasteiger partial charge in [0.25, 0.3) is 0 Å². The first-order valence-electron chi connectivity index (χ1n) is 9.23. The molecule has 1 spiro atoms. The molecule has 27 heavy (non-hydrogen) atoms. The van der Waals surface area contributed by atoms with Gasteiger partial charge in [-0.15, -0.1) is 0 Å². The van der Waals surface area contributed by atoms with E-state index in [2.05, 4.69) is 114 Å². The maximum Gasteiger partial charge on any atom is 0.0710 e. The van der Waals surface area contributed by atoms with Gasteiger partial charge >= 0.3 is 0 Å². The third kappa shape index (κ3) is 2.28. The van der Waals surface area contributed by atoms with E-state index in [4.69, 9.17) is 0 Å². The molecule has 3 aromatic carbocycles. The minimum absolute atomic E-state index is 0.355. The molecule has 2 aliphatic carbocycles. The van der Waals surface area contributed by atoms with Crippen LogP contribution in [0.15, 0.2) is 108 Å². The molecule has 130 valence electrons. The van der Waals surface area contributed by atoms with Crippen molar-refractivity contribution in [1.82, 2.24) is 0 Å². The van der Waals surface area contributed by atoms with Crippen molar-refractivity contribution < 1.29 is 0 Å². The highest BCUT2D eigenvalue weighted by molar-refractivity contribution is 9.11. The van der Waals surface area contributed by atoms with Gasteiger partial charge in [0.1, 0.15) is 0 Å². The average molecular weight is 411 g/mol. The van der Waals surface area contributed by atoms with Crippen LogP contribution in [0.5, 0.6) is 0 Å². The molecule has 0 atom stereocenters. The van der Waals surface area contributed by atoms with Crippen LogP contribution in [0.1, 0.15) is 22.3 Å². The molecule has 2 aliphatic rings. The minimum atomic E-state index is -0.355. The Morgan fingerprint density at radius 1 is 0.741 bits per heavy atom. The monoisotopic (exact) mass is 410 g/mol. The summed E-state index contributed by atoms with van der Waals surface area (Å²) in [4.78, 5) is 0. The lowest BCUT2D eigenvalue weighted by Crippen LogP contribution is -2.29. The maximum absolute atomic E-state index is 4.58. The van der Waals surface area contributed by atoms with Crippen molar-refractivity contribution >= 4 is 15.9 Å². The van der Waals surface area contributed by atoms with Crippen LogP contribution >= 0.6 is 15.9 Å². The Morgan fingerprint density at radius 3 is 1.96 bits per heavy atom. The molecule has 0 aromatic heterocycles. The van der Waals surface area contributed by atoms with Crippen molar-refractivity contribution in [1.29, 1.82) is 0 Å². The zero-order valence-corrected chi connectivity index (χ0v) is 16.5. The minimum Gasteiger partial charge on any atom is -0.0942 e. The lowest BCUT2D eigenvalue weighted by atomic mass is 9.66. The van der Waals surface area contributed by atoms with E-state index in [-0.39, 0.29) is 5.41 Å². The van der Waals surface area contributed by atoms with Gasteiger partial charge in [-0.1, -0.05) is 114 Å². The first kappa shape index (κ1) is 16.5. The molecule has 5 rings (SSSR count). The molecule has 3 aromatic rings. The Balaban J connectivity index is 1.96. The Kier molecular flexibility index (Phi) is 3.80. The van der Waals surface area contributed by atoms with E-state index in [1.807, 2.05) is 0 Å². The van der Waals surface area contributed by atoms with Gasteiger partial charge in [0.15, 0.2) is 0 Å².